The summed E-state index contributed by atoms with van der Waals surface area (Å²) < 4.78 is 5.58. The molecule has 0 radical (unpaired) electrons. The Hall–Kier alpha value is -0.690. The zero-order chi connectivity index (χ0) is 12.6. The predicted octanol–water partition coefficient (Wildman–Crippen LogP) is 4.19. The molecule has 3 fully saturated rings. The van der Waals surface area contributed by atoms with Crippen LogP contribution in [0.2, 0.25) is 0 Å². The van der Waals surface area contributed by atoms with E-state index in [4.69, 9.17) is 16.3 Å². The second-order valence-electron chi connectivity index (χ2n) is 6.93. The molecule has 1 nitrogen and oxygen atoms in total. The lowest BCUT2D eigenvalue weighted by molar-refractivity contribution is 0.357. The summed E-state index contributed by atoms with van der Waals surface area (Å²) in [6, 6.07) is 6.62. The van der Waals surface area contributed by atoms with Gasteiger partial charge in [0.1, 0.15) is 5.75 Å². The van der Waals surface area contributed by atoms with Gasteiger partial charge in [0.05, 0.1) is 12.0 Å². The van der Waals surface area contributed by atoms with Crippen LogP contribution in [0.5, 0.6) is 5.75 Å². The summed E-state index contributed by atoms with van der Waals surface area (Å²) in [4.78, 5) is 0. The van der Waals surface area contributed by atoms with Crippen LogP contribution in [0.25, 0.3) is 0 Å². The van der Waals surface area contributed by atoms with Gasteiger partial charge in [0.25, 0.3) is 0 Å². The van der Waals surface area contributed by atoms with Gasteiger partial charge in [-0.05, 0) is 66.0 Å². The molecular formula is C17H19ClO. The summed E-state index contributed by atoms with van der Waals surface area (Å²) >= 11 is 6.83. The average Bonchev–Trinajstić information content (AvgIpc) is 2.84. The van der Waals surface area contributed by atoms with Crippen molar-refractivity contribution in [2.75, 3.05) is 6.61 Å². The Labute approximate surface area is 119 Å². The molecule has 0 spiro atoms. The molecule has 3 aliphatic carbocycles. The maximum atomic E-state index is 6.83. The van der Waals surface area contributed by atoms with Crippen LogP contribution < -0.4 is 4.74 Å². The summed E-state index contributed by atoms with van der Waals surface area (Å²) in [6.07, 6.45) is 5.51. The number of hydrogen-bond acceptors (Lipinski definition) is 1. The van der Waals surface area contributed by atoms with Crippen molar-refractivity contribution >= 4 is 11.6 Å². The second kappa shape index (κ2) is 3.69. The fraction of sp³-hybridized carbons (Fsp3) is 0.647. The van der Waals surface area contributed by atoms with Crippen LogP contribution >= 0.6 is 11.6 Å². The van der Waals surface area contributed by atoms with Crippen molar-refractivity contribution < 1.29 is 4.74 Å². The number of halogens is 1. The highest BCUT2D eigenvalue weighted by Crippen LogP contribution is 2.73. The summed E-state index contributed by atoms with van der Waals surface area (Å²) in [5.74, 6) is 5.80. The molecule has 4 aliphatic rings. The van der Waals surface area contributed by atoms with Crippen LogP contribution in [-0.4, -0.2) is 6.61 Å². The number of alkyl halides is 1. The Morgan fingerprint density at radius 2 is 1.95 bits per heavy atom. The first-order valence-corrected chi connectivity index (χ1v) is 8.16. The third-order valence-electron chi connectivity index (χ3n) is 6.16. The third kappa shape index (κ3) is 1.43. The Bertz CT molecular complexity index is 524. The maximum Gasteiger partial charge on any atom is 0.122 e. The molecule has 1 heterocycles. The van der Waals surface area contributed by atoms with Crippen LogP contribution in [0.3, 0.4) is 0 Å². The van der Waals surface area contributed by atoms with Gasteiger partial charge in [-0.25, -0.2) is 0 Å². The lowest BCUT2D eigenvalue weighted by Gasteiger charge is -2.15. The summed E-state index contributed by atoms with van der Waals surface area (Å²) in [5.41, 5.74) is 2.70. The monoisotopic (exact) mass is 274 g/mol. The lowest BCUT2D eigenvalue weighted by atomic mass is 9.96. The minimum atomic E-state index is 0.240. The van der Waals surface area contributed by atoms with Crippen molar-refractivity contribution in [3.05, 3.63) is 29.3 Å². The van der Waals surface area contributed by atoms with Gasteiger partial charge in [0.15, 0.2) is 0 Å². The van der Waals surface area contributed by atoms with E-state index in [-0.39, 0.29) is 5.38 Å². The number of hydrogen-bond donors (Lipinski definition) is 0. The van der Waals surface area contributed by atoms with Gasteiger partial charge in [0, 0.05) is 6.42 Å². The van der Waals surface area contributed by atoms with E-state index in [2.05, 4.69) is 18.2 Å². The fourth-order valence-corrected chi connectivity index (χ4v) is 5.86. The molecule has 100 valence electrons. The molecule has 0 N–H and O–H groups in total. The van der Waals surface area contributed by atoms with Gasteiger partial charge < -0.3 is 4.74 Å². The molecule has 19 heavy (non-hydrogen) atoms. The van der Waals surface area contributed by atoms with Gasteiger partial charge in [0.2, 0.25) is 0 Å². The average molecular weight is 275 g/mol. The second-order valence-corrected chi connectivity index (χ2v) is 7.40. The molecule has 5 atom stereocenters. The van der Waals surface area contributed by atoms with Crippen LogP contribution in [0.1, 0.15) is 35.8 Å². The van der Waals surface area contributed by atoms with Gasteiger partial charge in [-0.2, -0.15) is 0 Å². The molecular weight excluding hydrogens is 256 g/mol. The molecule has 1 aromatic rings. The Morgan fingerprint density at radius 1 is 1.16 bits per heavy atom. The van der Waals surface area contributed by atoms with E-state index in [1.165, 1.54) is 30.4 Å². The molecule has 1 aliphatic heterocycles. The molecule has 2 bridgehead atoms. The molecule has 0 saturated heterocycles. The van der Waals surface area contributed by atoms with E-state index in [1.807, 2.05) is 0 Å². The van der Waals surface area contributed by atoms with Gasteiger partial charge in [-0.3, -0.25) is 0 Å². The largest absolute Gasteiger partial charge is 0.493 e. The standard InChI is InChI=1S/C17H19ClO/c18-17(12-3-4-13-9(7-12)5-6-19-13)16-14-10-1-2-11(8-10)15(14)16/h3-4,7,10-11,14-17H,1-2,5-6,8H2. The van der Waals surface area contributed by atoms with E-state index in [0.29, 0.717) is 0 Å². The van der Waals surface area contributed by atoms with Crippen molar-refractivity contribution in [1.82, 2.24) is 0 Å². The maximum absolute atomic E-state index is 6.83. The van der Waals surface area contributed by atoms with Crippen LogP contribution in [0.15, 0.2) is 18.2 Å². The molecule has 5 unspecified atom stereocenters. The number of ether oxygens (including phenoxy) is 1. The highest BCUT2D eigenvalue weighted by molar-refractivity contribution is 6.21. The van der Waals surface area contributed by atoms with Crippen molar-refractivity contribution in [2.24, 2.45) is 29.6 Å². The number of rotatable bonds is 2. The summed E-state index contributed by atoms with van der Waals surface area (Å²) in [7, 11) is 0. The van der Waals surface area contributed by atoms with Gasteiger partial charge >= 0.3 is 0 Å². The fourth-order valence-electron chi connectivity index (χ4n) is 5.38. The molecule has 5 rings (SSSR count). The smallest absolute Gasteiger partial charge is 0.122 e. The van der Waals surface area contributed by atoms with Crippen LogP contribution in [-0.2, 0) is 6.42 Å². The lowest BCUT2D eigenvalue weighted by Crippen LogP contribution is -2.04. The first kappa shape index (κ1) is 11.0. The van der Waals surface area contributed by atoms with Crippen molar-refractivity contribution in [3.63, 3.8) is 0 Å². The molecule has 0 amide bonds. The number of benzene rings is 1. The van der Waals surface area contributed by atoms with E-state index in [9.17, 15) is 0 Å². The molecule has 0 aromatic heterocycles. The van der Waals surface area contributed by atoms with E-state index >= 15 is 0 Å². The Balaban J connectivity index is 1.42. The zero-order valence-electron chi connectivity index (χ0n) is 11.0. The summed E-state index contributed by atoms with van der Waals surface area (Å²) in [5, 5.41) is 0.240. The Morgan fingerprint density at radius 3 is 2.74 bits per heavy atom. The normalized spacial score (nSPS) is 42.7. The van der Waals surface area contributed by atoms with Gasteiger partial charge in [-0.1, -0.05) is 12.1 Å². The molecule has 1 aromatic carbocycles. The van der Waals surface area contributed by atoms with E-state index in [0.717, 1.165) is 48.4 Å². The SMILES string of the molecule is ClC(c1ccc2c(c1)CCO2)C1C2C3CCC(C3)C21. The van der Waals surface area contributed by atoms with Gasteiger partial charge in [-0.15, -0.1) is 11.6 Å². The van der Waals surface area contributed by atoms with Crippen LogP contribution in [0, 0.1) is 29.6 Å². The Kier molecular flexibility index (Phi) is 2.14. The van der Waals surface area contributed by atoms with E-state index in [1.54, 1.807) is 0 Å². The highest BCUT2D eigenvalue weighted by Gasteiger charge is 2.66. The minimum Gasteiger partial charge on any atom is -0.493 e. The molecule has 2 heteroatoms. The van der Waals surface area contributed by atoms with Crippen molar-refractivity contribution in [1.29, 1.82) is 0 Å². The molecule has 3 saturated carbocycles. The first-order chi connectivity index (χ1) is 9.33. The topological polar surface area (TPSA) is 9.23 Å². The third-order valence-corrected chi connectivity index (χ3v) is 6.71. The summed E-state index contributed by atoms with van der Waals surface area (Å²) in [6.45, 7) is 0.838. The highest BCUT2D eigenvalue weighted by atomic mass is 35.5. The number of fused-ring (bicyclic) bond motifs is 6. The first-order valence-electron chi connectivity index (χ1n) is 7.72. The van der Waals surface area contributed by atoms with E-state index < -0.39 is 0 Å². The zero-order valence-corrected chi connectivity index (χ0v) is 11.8. The van der Waals surface area contributed by atoms with Crippen molar-refractivity contribution in [2.45, 2.75) is 31.1 Å². The van der Waals surface area contributed by atoms with Crippen LogP contribution in [0.4, 0.5) is 0 Å². The minimum absolute atomic E-state index is 0.240. The quantitative estimate of drug-likeness (QED) is 0.735. The van der Waals surface area contributed by atoms with Crippen molar-refractivity contribution in [3.8, 4) is 5.75 Å². The predicted molar refractivity (Wildman–Crippen MR) is 75.5 cm³/mol.